The molecular formula is C8H15N2. The molecule has 10 heavy (non-hydrogen) atoms. The van der Waals surface area contributed by atoms with E-state index in [0.29, 0.717) is 6.04 Å². The van der Waals surface area contributed by atoms with E-state index in [1.807, 2.05) is 0 Å². The Hall–Kier alpha value is -0.0800. The Kier molecular flexibility index (Phi) is 1.91. The van der Waals surface area contributed by atoms with Crippen molar-refractivity contribution in [2.24, 2.45) is 0 Å². The molecule has 0 aliphatic carbocycles. The van der Waals surface area contributed by atoms with E-state index in [1.54, 1.807) is 0 Å². The first-order chi connectivity index (χ1) is 4.97. The first-order valence-corrected chi connectivity index (χ1v) is 4.37. The number of nitrogens with zero attached hydrogens (tertiary/aromatic N) is 1. The Bertz CT molecular complexity index is 87.8. The van der Waals surface area contributed by atoms with Crippen LogP contribution in [0.5, 0.6) is 0 Å². The van der Waals surface area contributed by atoms with Gasteiger partial charge in [-0.05, 0) is 32.2 Å². The second-order valence-electron chi connectivity index (χ2n) is 3.32. The van der Waals surface area contributed by atoms with Crippen LogP contribution in [0.15, 0.2) is 0 Å². The van der Waals surface area contributed by atoms with Gasteiger partial charge in [-0.15, -0.1) is 0 Å². The van der Waals surface area contributed by atoms with Crippen LogP contribution in [0.3, 0.4) is 0 Å². The van der Waals surface area contributed by atoms with Crippen LogP contribution in [-0.4, -0.2) is 25.2 Å². The van der Waals surface area contributed by atoms with Crippen LogP contribution >= 0.6 is 0 Å². The van der Waals surface area contributed by atoms with Gasteiger partial charge in [-0.2, -0.15) is 0 Å². The molecule has 0 spiro atoms. The first-order valence-electron chi connectivity index (χ1n) is 4.37. The molecule has 1 radical (unpaired) electrons. The van der Waals surface area contributed by atoms with E-state index in [1.165, 1.54) is 32.2 Å². The molecule has 2 fully saturated rings. The van der Waals surface area contributed by atoms with Crippen molar-refractivity contribution in [3.63, 3.8) is 0 Å². The minimum Gasteiger partial charge on any atom is -0.312 e. The maximum absolute atomic E-state index is 4.56. The van der Waals surface area contributed by atoms with Crippen LogP contribution in [0.4, 0.5) is 0 Å². The maximum atomic E-state index is 4.56. The van der Waals surface area contributed by atoms with Gasteiger partial charge >= 0.3 is 0 Å². The molecule has 0 aromatic rings. The molecule has 57 valence electrons. The zero-order valence-corrected chi connectivity index (χ0v) is 6.34. The van der Waals surface area contributed by atoms with Gasteiger partial charge in [0.15, 0.2) is 0 Å². The van der Waals surface area contributed by atoms with Crippen LogP contribution < -0.4 is 10.6 Å². The quantitative estimate of drug-likeness (QED) is 0.562. The molecule has 0 saturated carbocycles. The molecule has 2 unspecified atom stereocenters. The van der Waals surface area contributed by atoms with Crippen molar-refractivity contribution in [2.75, 3.05) is 13.1 Å². The maximum Gasteiger partial charge on any atom is 0.0399 e. The van der Waals surface area contributed by atoms with E-state index in [9.17, 15) is 0 Å². The van der Waals surface area contributed by atoms with Gasteiger partial charge < -0.3 is 5.32 Å². The summed E-state index contributed by atoms with van der Waals surface area (Å²) in [6.45, 7) is 2.33. The van der Waals surface area contributed by atoms with E-state index < -0.39 is 0 Å². The highest BCUT2D eigenvalue weighted by Crippen LogP contribution is 2.17. The summed E-state index contributed by atoms with van der Waals surface area (Å²) in [5.41, 5.74) is 0. The molecular weight excluding hydrogens is 124 g/mol. The third kappa shape index (κ3) is 1.18. The zero-order chi connectivity index (χ0) is 6.81. The molecule has 1 N–H and O–H groups in total. The number of hydrogen-bond acceptors (Lipinski definition) is 1. The highest BCUT2D eigenvalue weighted by molar-refractivity contribution is 4.89. The summed E-state index contributed by atoms with van der Waals surface area (Å²) in [4.78, 5) is 0. The lowest BCUT2D eigenvalue weighted by molar-refractivity contribution is 0.443. The molecule has 2 aliphatic rings. The summed E-state index contributed by atoms with van der Waals surface area (Å²) < 4.78 is 0. The fourth-order valence-electron chi connectivity index (χ4n) is 2.02. The van der Waals surface area contributed by atoms with Crippen LogP contribution in [0.1, 0.15) is 25.7 Å². The van der Waals surface area contributed by atoms with Crippen LogP contribution in [0, 0.1) is 0 Å². The van der Waals surface area contributed by atoms with Gasteiger partial charge in [0.2, 0.25) is 0 Å². The van der Waals surface area contributed by atoms with Crippen LogP contribution in [0.2, 0.25) is 0 Å². The fourth-order valence-corrected chi connectivity index (χ4v) is 2.02. The van der Waals surface area contributed by atoms with Crippen molar-refractivity contribution in [2.45, 2.75) is 37.8 Å². The smallest absolute Gasteiger partial charge is 0.0399 e. The van der Waals surface area contributed by atoms with Gasteiger partial charge in [0.05, 0.1) is 0 Å². The number of hydrogen-bond donors (Lipinski definition) is 1. The second-order valence-corrected chi connectivity index (χ2v) is 3.32. The molecule has 0 aromatic heterocycles. The fraction of sp³-hybridized carbons (Fsp3) is 1.00. The predicted octanol–water partition coefficient (Wildman–Crippen LogP) is 0.505. The van der Waals surface area contributed by atoms with Crippen LogP contribution in [0.25, 0.3) is 0 Å². The molecule has 2 heterocycles. The summed E-state index contributed by atoms with van der Waals surface area (Å²) in [6.07, 6.45) is 5.37. The Morgan fingerprint density at radius 2 is 2.20 bits per heavy atom. The third-order valence-corrected chi connectivity index (χ3v) is 2.58. The van der Waals surface area contributed by atoms with Crippen molar-refractivity contribution in [1.82, 2.24) is 10.6 Å². The summed E-state index contributed by atoms with van der Waals surface area (Å²) >= 11 is 0. The van der Waals surface area contributed by atoms with Crippen molar-refractivity contribution < 1.29 is 0 Å². The monoisotopic (exact) mass is 139 g/mol. The molecule has 2 rings (SSSR count). The Balaban J connectivity index is 1.85. The Morgan fingerprint density at radius 1 is 1.20 bits per heavy atom. The lowest BCUT2D eigenvalue weighted by atomic mass is 10.1. The van der Waals surface area contributed by atoms with E-state index in [0.717, 1.165) is 12.6 Å². The minimum atomic E-state index is 0.669. The lowest BCUT2D eigenvalue weighted by Crippen LogP contribution is -2.37. The van der Waals surface area contributed by atoms with Gasteiger partial charge in [-0.1, -0.05) is 0 Å². The molecule has 2 heteroatoms. The van der Waals surface area contributed by atoms with E-state index >= 15 is 0 Å². The third-order valence-electron chi connectivity index (χ3n) is 2.58. The summed E-state index contributed by atoms with van der Waals surface area (Å²) in [5.74, 6) is 0. The zero-order valence-electron chi connectivity index (χ0n) is 6.34. The highest BCUT2D eigenvalue weighted by atomic mass is 15.0. The summed E-state index contributed by atoms with van der Waals surface area (Å²) in [7, 11) is 0. The highest BCUT2D eigenvalue weighted by Gasteiger charge is 2.27. The first kappa shape index (κ1) is 6.62. The van der Waals surface area contributed by atoms with Gasteiger partial charge in [-0.3, -0.25) is 0 Å². The van der Waals surface area contributed by atoms with E-state index in [2.05, 4.69) is 10.6 Å². The van der Waals surface area contributed by atoms with E-state index in [-0.39, 0.29) is 0 Å². The molecule has 0 amide bonds. The van der Waals surface area contributed by atoms with Crippen LogP contribution in [-0.2, 0) is 0 Å². The van der Waals surface area contributed by atoms with Gasteiger partial charge in [-0.25, -0.2) is 5.32 Å². The number of rotatable bonds is 1. The SMILES string of the molecule is C1C[N]C(C2CCCN2)C1. The largest absolute Gasteiger partial charge is 0.312 e. The molecule has 2 atom stereocenters. The minimum absolute atomic E-state index is 0.669. The predicted molar refractivity (Wildman–Crippen MR) is 41.0 cm³/mol. The van der Waals surface area contributed by atoms with Gasteiger partial charge in [0.25, 0.3) is 0 Å². The van der Waals surface area contributed by atoms with Gasteiger partial charge in [0, 0.05) is 18.6 Å². The van der Waals surface area contributed by atoms with Crippen molar-refractivity contribution in [1.29, 1.82) is 0 Å². The summed E-state index contributed by atoms with van der Waals surface area (Å²) in [6, 6.07) is 1.41. The number of nitrogens with one attached hydrogen (secondary N) is 1. The van der Waals surface area contributed by atoms with Crippen molar-refractivity contribution in [3.05, 3.63) is 0 Å². The standard InChI is InChI=1S/C8H15N2/c1-3-7(9-5-1)8-4-2-6-10-8/h7-9H,1-6H2. The molecule has 0 bridgehead atoms. The average Bonchev–Trinajstić information content (AvgIpc) is 2.59. The average molecular weight is 139 g/mol. The topological polar surface area (TPSA) is 26.1 Å². The van der Waals surface area contributed by atoms with Crippen molar-refractivity contribution >= 4 is 0 Å². The lowest BCUT2D eigenvalue weighted by Gasteiger charge is -2.16. The Labute approximate surface area is 62.4 Å². The Morgan fingerprint density at radius 3 is 2.80 bits per heavy atom. The molecule has 0 aromatic carbocycles. The normalized spacial score (nSPS) is 40.8. The molecule has 2 saturated heterocycles. The second kappa shape index (κ2) is 2.89. The molecule has 2 nitrogen and oxygen atoms in total. The van der Waals surface area contributed by atoms with Crippen molar-refractivity contribution in [3.8, 4) is 0 Å². The van der Waals surface area contributed by atoms with E-state index in [4.69, 9.17) is 0 Å². The van der Waals surface area contributed by atoms with Gasteiger partial charge in [0.1, 0.15) is 0 Å². The summed E-state index contributed by atoms with van der Waals surface area (Å²) in [5, 5.41) is 8.06. The molecule has 2 aliphatic heterocycles.